The smallest absolute Gasteiger partial charge is 0.253 e. The summed E-state index contributed by atoms with van der Waals surface area (Å²) in [6.45, 7) is 1.68. The van der Waals surface area contributed by atoms with Gasteiger partial charge in [-0.3, -0.25) is 4.79 Å². The van der Waals surface area contributed by atoms with Crippen molar-refractivity contribution in [1.82, 2.24) is 4.31 Å². The van der Waals surface area contributed by atoms with Crippen molar-refractivity contribution in [3.8, 4) is 0 Å². The number of hydrogen-bond donors (Lipinski definition) is 2. The number of hydrogen-bond acceptors (Lipinski definition) is 5. The predicted molar refractivity (Wildman–Crippen MR) is 74.3 cm³/mol. The van der Waals surface area contributed by atoms with Gasteiger partial charge in [-0.05, 0) is 34.5 Å². The van der Waals surface area contributed by atoms with Crippen molar-refractivity contribution >= 4 is 43.2 Å². The van der Waals surface area contributed by atoms with E-state index in [0.29, 0.717) is 0 Å². The minimum absolute atomic E-state index is 0.0418. The van der Waals surface area contributed by atoms with Crippen LogP contribution in [-0.4, -0.2) is 42.4 Å². The molecular formula is C10H13BrN2O4S2. The predicted octanol–water partition coefficient (Wildman–Crippen LogP) is 0.428. The van der Waals surface area contributed by atoms with Gasteiger partial charge < -0.3 is 10.8 Å². The van der Waals surface area contributed by atoms with E-state index in [-0.39, 0.29) is 17.2 Å². The van der Waals surface area contributed by atoms with Gasteiger partial charge in [0.25, 0.3) is 10.0 Å². The highest BCUT2D eigenvalue weighted by Crippen LogP contribution is 2.34. The van der Waals surface area contributed by atoms with Gasteiger partial charge in [0.15, 0.2) is 0 Å². The Morgan fingerprint density at radius 2 is 2.26 bits per heavy atom. The third kappa shape index (κ3) is 2.70. The summed E-state index contributed by atoms with van der Waals surface area (Å²) in [5.41, 5.74) is 6.00. The number of sulfonamides is 1. The maximum absolute atomic E-state index is 12.5. The Labute approximate surface area is 123 Å². The topological polar surface area (TPSA) is 101 Å². The summed E-state index contributed by atoms with van der Waals surface area (Å²) in [6, 6.07) is 0.550. The molecule has 0 aromatic carbocycles. The number of thiophene rings is 1. The van der Waals surface area contributed by atoms with Crippen LogP contribution in [0.15, 0.2) is 14.1 Å². The Kier molecular flexibility index (Phi) is 4.03. The second-order valence-corrected chi connectivity index (χ2v) is 8.89. The fourth-order valence-electron chi connectivity index (χ4n) is 1.98. The number of halogens is 1. The van der Waals surface area contributed by atoms with Crippen LogP contribution in [-0.2, 0) is 14.8 Å². The molecule has 2 rings (SSSR count). The molecule has 1 fully saturated rings. The van der Waals surface area contributed by atoms with Gasteiger partial charge in [-0.2, -0.15) is 4.31 Å². The van der Waals surface area contributed by atoms with E-state index in [1.165, 1.54) is 6.07 Å². The van der Waals surface area contributed by atoms with Crippen LogP contribution in [0, 0.1) is 6.92 Å². The lowest BCUT2D eigenvalue weighted by molar-refractivity contribution is -0.121. The van der Waals surface area contributed by atoms with Crippen molar-refractivity contribution < 1.29 is 18.3 Å². The zero-order valence-electron chi connectivity index (χ0n) is 10.0. The Morgan fingerprint density at radius 1 is 1.63 bits per heavy atom. The maximum atomic E-state index is 12.5. The highest BCUT2D eigenvalue weighted by molar-refractivity contribution is 9.11. The molecule has 0 spiro atoms. The van der Waals surface area contributed by atoms with Crippen LogP contribution >= 0.6 is 27.3 Å². The molecule has 1 saturated heterocycles. The van der Waals surface area contributed by atoms with Crippen LogP contribution < -0.4 is 5.73 Å². The van der Waals surface area contributed by atoms with Gasteiger partial charge in [0.05, 0.1) is 9.89 Å². The van der Waals surface area contributed by atoms with Crippen LogP contribution in [0.25, 0.3) is 0 Å². The first-order valence-corrected chi connectivity index (χ1v) is 8.53. The zero-order chi connectivity index (χ0) is 14.4. The number of nitrogens with zero attached hydrogens (tertiary/aromatic N) is 1. The van der Waals surface area contributed by atoms with E-state index in [1.807, 2.05) is 0 Å². The molecule has 0 saturated carbocycles. The molecule has 1 aliphatic rings. The third-order valence-corrected chi connectivity index (χ3v) is 7.42. The Bertz CT molecular complexity index is 594. The second kappa shape index (κ2) is 5.13. The number of aliphatic hydroxyl groups is 1. The van der Waals surface area contributed by atoms with E-state index in [0.717, 1.165) is 25.0 Å². The lowest BCUT2D eigenvalue weighted by Gasteiger charge is -2.20. The average molecular weight is 369 g/mol. The summed E-state index contributed by atoms with van der Waals surface area (Å²) in [5, 5.41) is 9.57. The summed E-state index contributed by atoms with van der Waals surface area (Å²) in [6.07, 6.45) is -0.822. The fourth-order valence-corrected chi connectivity index (χ4v) is 5.98. The third-order valence-electron chi connectivity index (χ3n) is 2.96. The quantitative estimate of drug-likeness (QED) is 0.807. The highest BCUT2D eigenvalue weighted by atomic mass is 79.9. The molecule has 1 aromatic rings. The number of amides is 1. The van der Waals surface area contributed by atoms with E-state index in [2.05, 4.69) is 15.9 Å². The van der Waals surface area contributed by atoms with Crippen LogP contribution in [0.5, 0.6) is 0 Å². The Hall–Kier alpha value is -0.480. The van der Waals surface area contributed by atoms with Crippen LogP contribution in [0.3, 0.4) is 0 Å². The number of β-amino-alcohol motifs (C(OH)–C–C–N with tert-alkyl or cyclic N) is 1. The van der Waals surface area contributed by atoms with Crippen LogP contribution in [0.2, 0.25) is 0 Å². The monoisotopic (exact) mass is 368 g/mol. The molecule has 19 heavy (non-hydrogen) atoms. The standard InChI is InChI=1S/C10H13BrN2O4S2/c1-5-2-8(18-9(5)11)19(16,17)13-4-6(14)3-7(13)10(12)15/h2,6-7,14H,3-4H2,1H3,(H2,12,15). The molecule has 0 aliphatic carbocycles. The molecule has 1 aliphatic heterocycles. The number of carbonyl (C=O) groups excluding carboxylic acids is 1. The van der Waals surface area contributed by atoms with Gasteiger partial charge in [0.2, 0.25) is 5.91 Å². The second-order valence-electron chi connectivity index (χ2n) is 4.40. The van der Waals surface area contributed by atoms with Crippen LogP contribution in [0.1, 0.15) is 12.0 Å². The molecule has 2 atom stereocenters. The maximum Gasteiger partial charge on any atom is 0.253 e. The van der Waals surface area contributed by atoms with Gasteiger partial charge in [-0.25, -0.2) is 8.42 Å². The number of nitrogens with two attached hydrogens (primary N) is 1. The van der Waals surface area contributed by atoms with Gasteiger partial charge in [0.1, 0.15) is 10.3 Å². The Morgan fingerprint density at radius 3 is 2.74 bits per heavy atom. The minimum Gasteiger partial charge on any atom is -0.392 e. The first-order valence-electron chi connectivity index (χ1n) is 5.48. The van der Waals surface area contributed by atoms with E-state index in [9.17, 15) is 18.3 Å². The van der Waals surface area contributed by atoms with Crippen molar-refractivity contribution in [2.45, 2.75) is 29.7 Å². The molecule has 1 amide bonds. The van der Waals surface area contributed by atoms with Crippen molar-refractivity contribution in [3.63, 3.8) is 0 Å². The molecule has 2 heterocycles. The number of aryl methyl sites for hydroxylation is 1. The molecule has 0 bridgehead atoms. The van der Waals surface area contributed by atoms with Gasteiger partial charge >= 0.3 is 0 Å². The first kappa shape index (κ1) is 14.9. The van der Waals surface area contributed by atoms with Crippen molar-refractivity contribution in [3.05, 3.63) is 15.4 Å². The molecule has 1 aromatic heterocycles. The van der Waals surface area contributed by atoms with E-state index >= 15 is 0 Å². The van der Waals surface area contributed by atoms with E-state index in [1.54, 1.807) is 6.92 Å². The molecule has 0 radical (unpaired) electrons. The summed E-state index contributed by atoms with van der Waals surface area (Å²) in [4.78, 5) is 11.3. The van der Waals surface area contributed by atoms with E-state index in [4.69, 9.17) is 5.73 Å². The van der Waals surface area contributed by atoms with Gasteiger partial charge in [-0.1, -0.05) is 0 Å². The minimum atomic E-state index is -3.81. The van der Waals surface area contributed by atoms with Crippen molar-refractivity contribution in [2.75, 3.05) is 6.54 Å². The zero-order valence-corrected chi connectivity index (χ0v) is 13.3. The fraction of sp³-hybridized carbons (Fsp3) is 0.500. The summed E-state index contributed by atoms with van der Waals surface area (Å²) >= 11 is 4.34. The molecule has 9 heteroatoms. The summed E-state index contributed by atoms with van der Waals surface area (Å²) in [5.74, 6) is -0.743. The SMILES string of the molecule is Cc1cc(S(=O)(=O)N2CC(O)CC2C(N)=O)sc1Br. The summed E-state index contributed by atoms with van der Waals surface area (Å²) < 4.78 is 26.8. The van der Waals surface area contributed by atoms with E-state index < -0.39 is 28.1 Å². The van der Waals surface area contributed by atoms with Crippen LogP contribution in [0.4, 0.5) is 0 Å². The lowest BCUT2D eigenvalue weighted by atomic mass is 10.2. The van der Waals surface area contributed by atoms with Crippen molar-refractivity contribution in [2.24, 2.45) is 5.73 Å². The lowest BCUT2D eigenvalue weighted by Crippen LogP contribution is -2.43. The number of primary amides is 1. The van der Waals surface area contributed by atoms with Gasteiger partial charge in [-0.15, -0.1) is 11.3 Å². The molecule has 3 N–H and O–H groups in total. The van der Waals surface area contributed by atoms with Gasteiger partial charge in [0, 0.05) is 13.0 Å². The highest BCUT2D eigenvalue weighted by Gasteiger charge is 2.43. The first-order chi connectivity index (χ1) is 8.73. The number of aliphatic hydroxyl groups excluding tert-OH is 1. The number of carbonyl (C=O) groups is 1. The Balaban J connectivity index is 2.41. The normalized spacial score (nSPS) is 24.8. The largest absolute Gasteiger partial charge is 0.392 e. The number of rotatable bonds is 3. The molecule has 106 valence electrons. The molecule has 6 nitrogen and oxygen atoms in total. The molecule has 2 unspecified atom stereocenters. The van der Waals surface area contributed by atoms with Crippen molar-refractivity contribution in [1.29, 1.82) is 0 Å². The molecular weight excluding hydrogens is 356 g/mol. The average Bonchev–Trinajstić information content (AvgIpc) is 2.84. The summed E-state index contributed by atoms with van der Waals surface area (Å²) in [7, 11) is -3.81.